The Morgan fingerprint density at radius 1 is 1.18 bits per heavy atom. The highest BCUT2D eigenvalue weighted by atomic mass is 19.1. The van der Waals surface area contributed by atoms with Crippen LogP contribution in [0, 0.1) is 5.82 Å². The Balaban J connectivity index is 1.49. The van der Waals surface area contributed by atoms with Crippen molar-refractivity contribution >= 4 is 17.4 Å². The summed E-state index contributed by atoms with van der Waals surface area (Å²) < 4.78 is 24.6. The zero-order valence-electron chi connectivity index (χ0n) is 15.5. The largest absolute Gasteiger partial charge is 0.454 e. The number of amides is 1. The molecule has 6 nitrogen and oxygen atoms in total. The lowest BCUT2D eigenvalue weighted by Gasteiger charge is -2.22. The van der Waals surface area contributed by atoms with E-state index in [-0.39, 0.29) is 36.9 Å². The van der Waals surface area contributed by atoms with E-state index in [1.165, 1.54) is 13.0 Å². The number of carbonyl (C=O) groups is 2. The maximum Gasteiger partial charge on any atom is 0.238 e. The summed E-state index contributed by atoms with van der Waals surface area (Å²) in [6, 6.07) is 10.0. The molecule has 1 fully saturated rings. The highest BCUT2D eigenvalue weighted by molar-refractivity contribution is 6.05. The van der Waals surface area contributed by atoms with Gasteiger partial charge in [-0.2, -0.15) is 0 Å². The van der Waals surface area contributed by atoms with Crippen LogP contribution in [-0.4, -0.2) is 36.0 Å². The lowest BCUT2D eigenvalue weighted by molar-refractivity contribution is -0.117. The predicted octanol–water partition coefficient (Wildman–Crippen LogP) is 3.36. The molecule has 0 bridgehead atoms. The zero-order valence-corrected chi connectivity index (χ0v) is 15.5. The molecule has 0 unspecified atom stereocenters. The fraction of sp³-hybridized carbons (Fsp3) is 0.333. The predicted molar refractivity (Wildman–Crippen MR) is 101 cm³/mol. The minimum Gasteiger partial charge on any atom is -0.454 e. The number of halogens is 1. The smallest absolute Gasteiger partial charge is 0.238 e. The van der Waals surface area contributed by atoms with Crippen molar-refractivity contribution < 1.29 is 23.5 Å². The topological polar surface area (TPSA) is 67.9 Å². The van der Waals surface area contributed by atoms with Crippen LogP contribution in [0.3, 0.4) is 0 Å². The SMILES string of the molecule is CC(=O)c1cc2c(cc1NC(=O)CN(Cc1ccccc1F)C1CC1)OCO2. The molecular formula is C21H21FN2O4. The highest BCUT2D eigenvalue weighted by Crippen LogP contribution is 2.37. The molecule has 1 aliphatic carbocycles. The molecule has 0 atom stereocenters. The van der Waals surface area contributed by atoms with E-state index in [0.29, 0.717) is 34.9 Å². The Morgan fingerprint density at radius 2 is 1.89 bits per heavy atom. The number of ketones is 1. The molecule has 0 saturated heterocycles. The van der Waals surface area contributed by atoms with E-state index in [2.05, 4.69) is 5.32 Å². The summed E-state index contributed by atoms with van der Waals surface area (Å²) in [6.07, 6.45) is 1.98. The molecule has 1 amide bonds. The maximum absolute atomic E-state index is 14.0. The minimum atomic E-state index is -0.275. The van der Waals surface area contributed by atoms with Crippen LogP contribution >= 0.6 is 0 Å². The third kappa shape index (κ3) is 3.99. The molecule has 0 aromatic heterocycles. The molecule has 4 rings (SSSR count). The summed E-state index contributed by atoms with van der Waals surface area (Å²) in [6.45, 7) is 2.00. The second-order valence-electron chi connectivity index (χ2n) is 7.08. The number of ether oxygens (including phenoxy) is 2. The van der Waals surface area contributed by atoms with E-state index in [1.54, 1.807) is 30.3 Å². The number of anilines is 1. The lowest BCUT2D eigenvalue weighted by atomic mass is 10.1. The molecule has 28 heavy (non-hydrogen) atoms. The van der Waals surface area contributed by atoms with Crippen molar-refractivity contribution in [2.24, 2.45) is 0 Å². The molecule has 1 N–H and O–H groups in total. The molecule has 2 aromatic rings. The summed E-state index contributed by atoms with van der Waals surface area (Å²) in [5.74, 6) is 0.264. The van der Waals surface area contributed by atoms with Crippen molar-refractivity contribution in [3.63, 3.8) is 0 Å². The van der Waals surface area contributed by atoms with E-state index in [4.69, 9.17) is 9.47 Å². The number of hydrogen-bond donors (Lipinski definition) is 1. The van der Waals surface area contributed by atoms with Crippen LogP contribution in [0.2, 0.25) is 0 Å². The van der Waals surface area contributed by atoms with E-state index < -0.39 is 0 Å². The van der Waals surface area contributed by atoms with Gasteiger partial charge in [0.25, 0.3) is 0 Å². The molecule has 0 radical (unpaired) electrons. The van der Waals surface area contributed by atoms with Gasteiger partial charge in [-0.15, -0.1) is 0 Å². The van der Waals surface area contributed by atoms with Crippen LogP contribution in [0.25, 0.3) is 0 Å². The van der Waals surface area contributed by atoms with Gasteiger partial charge in [-0.25, -0.2) is 4.39 Å². The van der Waals surface area contributed by atoms with Crippen LogP contribution < -0.4 is 14.8 Å². The molecular weight excluding hydrogens is 363 g/mol. The van der Waals surface area contributed by atoms with Gasteiger partial charge in [0.15, 0.2) is 17.3 Å². The minimum absolute atomic E-state index is 0.0855. The number of hydrogen-bond acceptors (Lipinski definition) is 5. The summed E-state index contributed by atoms with van der Waals surface area (Å²) >= 11 is 0. The van der Waals surface area contributed by atoms with Crippen molar-refractivity contribution in [2.75, 3.05) is 18.7 Å². The first-order chi connectivity index (χ1) is 13.5. The fourth-order valence-electron chi connectivity index (χ4n) is 3.31. The Bertz CT molecular complexity index is 927. The van der Waals surface area contributed by atoms with Gasteiger partial charge in [-0.05, 0) is 31.9 Å². The second kappa shape index (κ2) is 7.59. The summed E-state index contributed by atoms with van der Waals surface area (Å²) in [5.41, 5.74) is 1.32. The lowest BCUT2D eigenvalue weighted by Crippen LogP contribution is -2.35. The van der Waals surface area contributed by atoms with E-state index >= 15 is 0 Å². The molecule has 146 valence electrons. The first kappa shape index (κ1) is 18.4. The van der Waals surface area contributed by atoms with Gasteiger partial charge in [-0.1, -0.05) is 18.2 Å². The van der Waals surface area contributed by atoms with Crippen LogP contribution in [0.4, 0.5) is 10.1 Å². The number of carbonyl (C=O) groups excluding carboxylic acids is 2. The summed E-state index contributed by atoms with van der Waals surface area (Å²) in [4.78, 5) is 26.6. The van der Waals surface area contributed by atoms with E-state index in [0.717, 1.165) is 12.8 Å². The van der Waals surface area contributed by atoms with Gasteiger partial charge >= 0.3 is 0 Å². The molecule has 1 aliphatic heterocycles. The quantitative estimate of drug-likeness (QED) is 0.742. The number of nitrogens with zero attached hydrogens (tertiary/aromatic N) is 1. The second-order valence-corrected chi connectivity index (χ2v) is 7.08. The van der Waals surface area contributed by atoms with Gasteiger partial charge in [0.2, 0.25) is 12.7 Å². The van der Waals surface area contributed by atoms with Crippen LogP contribution in [-0.2, 0) is 11.3 Å². The third-order valence-corrected chi connectivity index (χ3v) is 4.91. The molecule has 2 aromatic carbocycles. The number of benzene rings is 2. The number of nitrogens with one attached hydrogen (secondary N) is 1. The number of Topliss-reactive ketones (excluding diaryl/α,β-unsaturated/α-hetero) is 1. The standard InChI is InChI=1S/C21H21FN2O4/c1-13(25)16-8-19-20(28-12-27-19)9-18(16)23-21(26)11-24(15-6-7-15)10-14-4-2-3-5-17(14)22/h2-5,8-9,15H,6-7,10-12H2,1H3,(H,23,26). The molecule has 7 heteroatoms. The summed E-state index contributed by atoms with van der Waals surface area (Å²) in [7, 11) is 0. The van der Waals surface area contributed by atoms with Gasteiger partial charge in [0.05, 0.1) is 12.2 Å². The molecule has 0 spiro atoms. The Kier molecular flexibility index (Phi) is 5.00. The molecule has 1 saturated carbocycles. The van der Waals surface area contributed by atoms with E-state index in [1.807, 2.05) is 4.90 Å². The first-order valence-corrected chi connectivity index (χ1v) is 9.23. The van der Waals surface area contributed by atoms with E-state index in [9.17, 15) is 14.0 Å². The van der Waals surface area contributed by atoms with Gasteiger partial charge in [0, 0.05) is 29.8 Å². The number of fused-ring (bicyclic) bond motifs is 1. The Labute approximate surface area is 162 Å². The van der Waals surface area contributed by atoms with Crippen molar-refractivity contribution in [1.29, 1.82) is 0 Å². The third-order valence-electron chi connectivity index (χ3n) is 4.91. The summed E-state index contributed by atoms with van der Waals surface area (Å²) in [5, 5.41) is 2.80. The Hall–Kier alpha value is -2.93. The zero-order chi connectivity index (χ0) is 19.7. The first-order valence-electron chi connectivity index (χ1n) is 9.23. The van der Waals surface area contributed by atoms with Crippen molar-refractivity contribution in [3.05, 3.63) is 53.3 Å². The average molecular weight is 384 g/mol. The highest BCUT2D eigenvalue weighted by Gasteiger charge is 2.31. The maximum atomic E-state index is 14.0. The molecule has 2 aliphatic rings. The van der Waals surface area contributed by atoms with Crippen LogP contribution in [0.15, 0.2) is 36.4 Å². The van der Waals surface area contributed by atoms with Crippen molar-refractivity contribution in [1.82, 2.24) is 4.90 Å². The van der Waals surface area contributed by atoms with Gasteiger partial charge < -0.3 is 14.8 Å². The van der Waals surface area contributed by atoms with Crippen molar-refractivity contribution in [3.8, 4) is 11.5 Å². The Morgan fingerprint density at radius 3 is 2.57 bits per heavy atom. The van der Waals surface area contributed by atoms with Gasteiger partial charge in [0.1, 0.15) is 5.82 Å². The average Bonchev–Trinajstić information content (AvgIpc) is 3.40. The van der Waals surface area contributed by atoms with Crippen LogP contribution in [0.1, 0.15) is 35.7 Å². The monoisotopic (exact) mass is 384 g/mol. The van der Waals surface area contributed by atoms with Crippen molar-refractivity contribution in [2.45, 2.75) is 32.4 Å². The van der Waals surface area contributed by atoms with Gasteiger partial charge in [-0.3, -0.25) is 14.5 Å². The normalized spacial score (nSPS) is 15.0. The fourth-order valence-corrected chi connectivity index (χ4v) is 3.31. The number of rotatable bonds is 7. The van der Waals surface area contributed by atoms with Crippen LogP contribution in [0.5, 0.6) is 11.5 Å². The molecule has 1 heterocycles.